The molecular formula is C18H13Cl2NO3S. The largest absolute Gasteiger partial charge is 0.460 e. The van der Waals surface area contributed by atoms with Gasteiger partial charge < -0.3 is 9.72 Å². The SMILES string of the molecule is O=C(OCCSc1cc(Cl)ccc1Cl)c1cc(=O)c2ccccc2[nH]1. The van der Waals surface area contributed by atoms with Crippen LogP contribution in [0.5, 0.6) is 0 Å². The Kier molecular flexibility index (Phi) is 5.68. The monoisotopic (exact) mass is 393 g/mol. The molecular weight excluding hydrogens is 381 g/mol. The van der Waals surface area contributed by atoms with Crippen LogP contribution in [0.1, 0.15) is 10.5 Å². The number of nitrogens with one attached hydrogen (secondary N) is 1. The van der Waals surface area contributed by atoms with Crippen molar-refractivity contribution >= 4 is 51.8 Å². The van der Waals surface area contributed by atoms with E-state index >= 15 is 0 Å². The van der Waals surface area contributed by atoms with E-state index in [4.69, 9.17) is 27.9 Å². The van der Waals surface area contributed by atoms with Crippen LogP contribution in [0.2, 0.25) is 10.0 Å². The summed E-state index contributed by atoms with van der Waals surface area (Å²) >= 11 is 13.4. The van der Waals surface area contributed by atoms with E-state index in [1.54, 1.807) is 42.5 Å². The smallest absolute Gasteiger partial charge is 0.354 e. The van der Waals surface area contributed by atoms with Crippen LogP contribution in [-0.2, 0) is 4.74 Å². The summed E-state index contributed by atoms with van der Waals surface area (Å²) in [5, 5.41) is 1.72. The van der Waals surface area contributed by atoms with Crippen molar-refractivity contribution in [1.82, 2.24) is 4.98 Å². The lowest BCUT2D eigenvalue weighted by atomic mass is 10.2. The molecule has 0 saturated heterocycles. The quantitative estimate of drug-likeness (QED) is 0.384. The number of thioether (sulfide) groups is 1. The number of pyridine rings is 1. The van der Waals surface area contributed by atoms with Crippen molar-refractivity contribution in [3.8, 4) is 0 Å². The van der Waals surface area contributed by atoms with Crippen molar-refractivity contribution in [2.45, 2.75) is 4.90 Å². The van der Waals surface area contributed by atoms with Gasteiger partial charge in [0.05, 0.1) is 5.02 Å². The van der Waals surface area contributed by atoms with Crippen molar-refractivity contribution in [3.63, 3.8) is 0 Å². The summed E-state index contributed by atoms with van der Waals surface area (Å²) in [5.41, 5.74) is 0.512. The van der Waals surface area contributed by atoms with Gasteiger partial charge in [0.15, 0.2) is 5.43 Å². The normalized spacial score (nSPS) is 10.8. The Morgan fingerprint density at radius 2 is 1.92 bits per heavy atom. The molecule has 0 unspecified atom stereocenters. The molecule has 3 aromatic rings. The van der Waals surface area contributed by atoms with E-state index in [9.17, 15) is 9.59 Å². The third kappa shape index (κ3) is 4.37. The van der Waals surface area contributed by atoms with Gasteiger partial charge in [-0.25, -0.2) is 4.79 Å². The van der Waals surface area contributed by atoms with Crippen molar-refractivity contribution < 1.29 is 9.53 Å². The average molecular weight is 394 g/mol. The minimum atomic E-state index is -0.569. The van der Waals surface area contributed by atoms with Crippen LogP contribution in [0.25, 0.3) is 10.9 Å². The van der Waals surface area contributed by atoms with Gasteiger partial charge in [0, 0.05) is 32.6 Å². The fourth-order valence-electron chi connectivity index (χ4n) is 2.26. The highest BCUT2D eigenvalue weighted by atomic mass is 35.5. The highest BCUT2D eigenvalue weighted by Crippen LogP contribution is 2.29. The molecule has 0 spiro atoms. The van der Waals surface area contributed by atoms with Crippen LogP contribution in [0.4, 0.5) is 0 Å². The van der Waals surface area contributed by atoms with E-state index in [2.05, 4.69) is 4.98 Å². The lowest BCUT2D eigenvalue weighted by Crippen LogP contribution is -2.14. The van der Waals surface area contributed by atoms with Crippen LogP contribution < -0.4 is 5.43 Å². The molecule has 1 N–H and O–H groups in total. The number of halogens is 2. The summed E-state index contributed by atoms with van der Waals surface area (Å²) in [6, 6.07) is 13.5. The number of carbonyl (C=O) groups excluding carboxylic acids is 1. The molecule has 0 aliphatic carbocycles. The Hall–Kier alpha value is -1.95. The molecule has 7 heteroatoms. The van der Waals surface area contributed by atoms with Crippen LogP contribution in [0.15, 0.2) is 58.2 Å². The second kappa shape index (κ2) is 7.95. The number of aromatic nitrogens is 1. The first-order valence-corrected chi connectivity index (χ1v) is 9.16. The zero-order valence-corrected chi connectivity index (χ0v) is 15.3. The van der Waals surface area contributed by atoms with E-state index in [1.807, 2.05) is 0 Å². The Balaban J connectivity index is 1.61. The predicted molar refractivity (Wildman–Crippen MR) is 102 cm³/mol. The third-order valence-corrected chi connectivity index (χ3v) is 5.12. The maximum Gasteiger partial charge on any atom is 0.354 e. The van der Waals surface area contributed by atoms with Crippen LogP contribution in [0.3, 0.4) is 0 Å². The van der Waals surface area contributed by atoms with Gasteiger partial charge in [0.1, 0.15) is 12.3 Å². The highest BCUT2D eigenvalue weighted by molar-refractivity contribution is 7.99. The summed E-state index contributed by atoms with van der Waals surface area (Å²) in [6.07, 6.45) is 0. The molecule has 0 atom stereocenters. The first kappa shape index (κ1) is 17.9. The molecule has 25 heavy (non-hydrogen) atoms. The lowest BCUT2D eigenvalue weighted by Gasteiger charge is -2.07. The number of ether oxygens (including phenoxy) is 1. The number of esters is 1. The molecule has 0 saturated carbocycles. The van der Waals surface area contributed by atoms with Gasteiger partial charge >= 0.3 is 5.97 Å². The van der Waals surface area contributed by atoms with E-state index < -0.39 is 5.97 Å². The summed E-state index contributed by atoms with van der Waals surface area (Å²) in [5.74, 6) is -0.0514. The Bertz CT molecular complexity index is 987. The van der Waals surface area contributed by atoms with Crippen molar-refractivity contribution in [1.29, 1.82) is 0 Å². The number of aromatic amines is 1. The maximum absolute atomic E-state index is 12.1. The molecule has 0 amide bonds. The molecule has 128 valence electrons. The number of H-pyrrole nitrogens is 1. The van der Waals surface area contributed by atoms with Gasteiger partial charge in [-0.1, -0.05) is 35.3 Å². The molecule has 3 rings (SSSR count). The molecule has 0 bridgehead atoms. The van der Waals surface area contributed by atoms with E-state index in [1.165, 1.54) is 17.8 Å². The fraction of sp³-hybridized carbons (Fsp3) is 0.111. The van der Waals surface area contributed by atoms with Gasteiger partial charge in [-0.2, -0.15) is 0 Å². The zero-order chi connectivity index (χ0) is 17.8. The summed E-state index contributed by atoms with van der Waals surface area (Å²) in [4.78, 5) is 27.9. The Labute approximate surface area is 158 Å². The van der Waals surface area contributed by atoms with Gasteiger partial charge in [0.2, 0.25) is 0 Å². The number of rotatable bonds is 5. The predicted octanol–water partition coefficient (Wildman–Crippen LogP) is 4.78. The average Bonchev–Trinajstić information content (AvgIpc) is 2.61. The third-order valence-electron chi connectivity index (χ3n) is 3.42. The second-order valence-electron chi connectivity index (χ2n) is 5.15. The van der Waals surface area contributed by atoms with Gasteiger partial charge in [-0.15, -0.1) is 11.8 Å². The summed E-state index contributed by atoms with van der Waals surface area (Å²) < 4.78 is 5.22. The minimum Gasteiger partial charge on any atom is -0.460 e. The number of benzene rings is 2. The topological polar surface area (TPSA) is 59.2 Å². The number of fused-ring (bicyclic) bond motifs is 1. The highest BCUT2D eigenvalue weighted by Gasteiger charge is 2.11. The number of hydrogen-bond donors (Lipinski definition) is 1. The van der Waals surface area contributed by atoms with E-state index in [-0.39, 0.29) is 17.7 Å². The van der Waals surface area contributed by atoms with Gasteiger partial charge in [-0.3, -0.25) is 4.79 Å². The minimum absolute atomic E-state index is 0.134. The molecule has 2 aromatic carbocycles. The van der Waals surface area contributed by atoms with E-state index in [0.717, 1.165) is 4.90 Å². The Morgan fingerprint density at radius 1 is 1.12 bits per heavy atom. The Morgan fingerprint density at radius 3 is 2.76 bits per heavy atom. The molecule has 0 fully saturated rings. The first-order valence-electron chi connectivity index (χ1n) is 7.41. The standard InChI is InChI=1S/C18H13Cl2NO3S/c19-11-5-6-13(20)17(9-11)25-8-7-24-18(23)15-10-16(22)12-3-1-2-4-14(12)21-15/h1-6,9-10H,7-8H2,(H,21,22). The fourth-order valence-corrected chi connectivity index (χ4v) is 3.58. The molecule has 4 nitrogen and oxygen atoms in total. The van der Waals surface area contributed by atoms with Gasteiger partial charge in [-0.05, 0) is 30.3 Å². The van der Waals surface area contributed by atoms with E-state index in [0.29, 0.717) is 26.7 Å². The molecule has 0 aliphatic rings. The molecule has 0 aliphatic heterocycles. The molecule has 0 radical (unpaired) electrons. The number of hydrogen-bond acceptors (Lipinski definition) is 4. The van der Waals surface area contributed by atoms with Crippen LogP contribution >= 0.6 is 35.0 Å². The van der Waals surface area contributed by atoms with Gasteiger partial charge in [0.25, 0.3) is 0 Å². The first-order chi connectivity index (χ1) is 12.0. The summed E-state index contributed by atoms with van der Waals surface area (Å²) in [6.45, 7) is 0.182. The maximum atomic E-state index is 12.1. The van der Waals surface area contributed by atoms with Crippen molar-refractivity contribution in [2.75, 3.05) is 12.4 Å². The van der Waals surface area contributed by atoms with Crippen molar-refractivity contribution in [2.24, 2.45) is 0 Å². The zero-order valence-electron chi connectivity index (χ0n) is 12.9. The van der Waals surface area contributed by atoms with Crippen LogP contribution in [0, 0.1) is 0 Å². The second-order valence-corrected chi connectivity index (χ2v) is 7.13. The summed E-state index contributed by atoms with van der Waals surface area (Å²) in [7, 11) is 0. The number of carbonyl (C=O) groups is 1. The lowest BCUT2D eigenvalue weighted by molar-refractivity contribution is 0.0524. The molecule has 1 heterocycles. The number of para-hydroxylation sites is 1. The molecule has 1 aromatic heterocycles. The van der Waals surface area contributed by atoms with Crippen LogP contribution in [-0.4, -0.2) is 23.3 Å². The van der Waals surface area contributed by atoms with Crippen molar-refractivity contribution in [3.05, 3.63) is 74.5 Å².